The summed E-state index contributed by atoms with van der Waals surface area (Å²) in [5, 5.41) is 21.8. The molecule has 1 aliphatic rings. The summed E-state index contributed by atoms with van der Waals surface area (Å²) in [6.45, 7) is 10.6. The fraction of sp³-hybridized carbons (Fsp3) is 0.417. The van der Waals surface area contributed by atoms with Gasteiger partial charge >= 0.3 is 0 Å². The van der Waals surface area contributed by atoms with Crippen LogP contribution in [-0.2, 0) is 12.8 Å². The van der Waals surface area contributed by atoms with Crippen molar-refractivity contribution in [3.05, 3.63) is 56.5 Å². The molecule has 0 amide bonds. The lowest BCUT2D eigenvalue weighted by molar-refractivity contribution is -0.385. The SMILES string of the molecule is C=CCOc1c(C=Nc2sc3c(c2C#N)CC[C@@H](C(C)(C)C)C3)cc([N+](=O)[O-])cc1OC. The van der Waals surface area contributed by atoms with Crippen molar-refractivity contribution in [2.45, 2.75) is 40.0 Å². The third kappa shape index (κ3) is 4.83. The van der Waals surface area contributed by atoms with Crippen LogP contribution >= 0.6 is 11.3 Å². The first kappa shape index (κ1) is 23.5. The van der Waals surface area contributed by atoms with Crippen molar-refractivity contribution in [1.29, 1.82) is 5.26 Å². The van der Waals surface area contributed by atoms with Crippen molar-refractivity contribution in [3.8, 4) is 17.6 Å². The number of aliphatic imine (C=N–C) groups is 1. The Labute approximate surface area is 192 Å². The monoisotopic (exact) mass is 453 g/mol. The molecule has 0 radical (unpaired) electrons. The molecule has 0 saturated heterocycles. The van der Waals surface area contributed by atoms with E-state index in [0.29, 0.717) is 27.8 Å². The third-order valence-electron chi connectivity index (χ3n) is 5.75. The van der Waals surface area contributed by atoms with Gasteiger partial charge in [-0.2, -0.15) is 5.26 Å². The number of non-ortho nitro benzene ring substituents is 1. The molecule has 0 saturated carbocycles. The molecule has 1 heterocycles. The summed E-state index contributed by atoms with van der Waals surface area (Å²) in [5.41, 5.74) is 2.16. The maximum atomic E-state index is 11.4. The van der Waals surface area contributed by atoms with E-state index in [1.165, 1.54) is 41.7 Å². The molecule has 1 aromatic carbocycles. The van der Waals surface area contributed by atoms with E-state index in [-0.39, 0.29) is 23.5 Å². The number of nitrogens with zero attached hydrogens (tertiary/aromatic N) is 3. The van der Waals surface area contributed by atoms with Crippen LogP contribution in [0.15, 0.2) is 29.8 Å². The fourth-order valence-corrected chi connectivity index (χ4v) is 5.12. The van der Waals surface area contributed by atoms with Gasteiger partial charge in [0.2, 0.25) is 0 Å². The molecule has 0 unspecified atom stereocenters. The zero-order valence-corrected chi connectivity index (χ0v) is 19.6. The molecule has 7 nitrogen and oxygen atoms in total. The second kappa shape index (κ2) is 9.53. The molecule has 2 aromatic rings. The van der Waals surface area contributed by atoms with Crippen LogP contribution in [0.5, 0.6) is 11.5 Å². The Bertz CT molecular complexity index is 1110. The summed E-state index contributed by atoms with van der Waals surface area (Å²) in [5.74, 6) is 1.13. The first-order chi connectivity index (χ1) is 15.2. The second-order valence-corrected chi connectivity index (χ2v) is 9.87. The van der Waals surface area contributed by atoms with Gasteiger partial charge in [-0.25, -0.2) is 4.99 Å². The molecule has 0 N–H and O–H groups in total. The highest BCUT2D eigenvalue weighted by molar-refractivity contribution is 7.16. The van der Waals surface area contributed by atoms with Crippen molar-refractivity contribution in [2.75, 3.05) is 13.7 Å². The average Bonchev–Trinajstić information content (AvgIpc) is 3.11. The van der Waals surface area contributed by atoms with Gasteiger partial charge in [0.05, 0.1) is 23.7 Å². The maximum absolute atomic E-state index is 11.4. The van der Waals surface area contributed by atoms with Gasteiger partial charge in [0.25, 0.3) is 5.69 Å². The quantitative estimate of drug-likeness (QED) is 0.221. The van der Waals surface area contributed by atoms with E-state index in [4.69, 9.17) is 9.47 Å². The highest BCUT2D eigenvalue weighted by Crippen LogP contribution is 2.45. The van der Waals surface area contributed by atoms with Crippen LogP contribution in [0.1, 0.15) is 48.8 Å². The van der Waals surface area contributed by atoms with Crippen LogP contribution in [-0.4, -0.2) is 24.9 Å². The van der Waals surface area contributed by atoms with Gasteiger partial charge in [-0.3, -0.25) is 10.1 Å². The number of fused-ring (bicyclic) bond motifs is 1. The number of rotatable bonds is 7. The normalized spacial score (nSPS) is 15.8. The molecule has 0 aliphatic heterocycles. The number of hydrogen-bond acceptors (Lipinski definition) is 7. The molecule has 0 spiro atoms. The van der Waals surface area contributed by atoms with E-state index in [0.717, 1.165) is 24.8 Å². The highest BCUT2D eigenvalue weighted by Gasteiger charge is 2.32. The number of methoxy groups -OCH3 is 1. The summed E-state index contributed by atoms with van der Waals surface area (Å²) in [4.78, 5) is 16.7. The van der Waals surface area contributed by atoms with Crippen molar-refractivity contribution in [1.82, 2.24) is 0 Å². The maximum Gasteiger partial charge on any atom is 0.274 e. The first-order valence-corrected chi connectivity index (χ1v) is 11.2. The van der Waals surface area contributed by atoms with Gasteiger partial charge in [0.1, 0.15) is 17.7 Å². The first-order valence-electron chi connectivity index (χ1n) is 10.4. The van der Waals surface area contributed by atoms with Crippen LogP contribution in [0.25, 0.3) is 0 Å². The second-order valence-electron chi connectivity index (χ2n) is 8.78. The smallest absolute Gasteiger partial charge is 0.274 e. The van der Waals surface area contributed by atoms with Crippen molar-refractivity contribution < 1.29 is 14.4 Å². The fourth-order valence-electron chi connectivity index (χ4n) is 3.90. The third-order valence-corrected chi connectivity index (χ3v) is 6.91. The predicted octanol–water partition coefficient (Wildman–Crippen LogP) is 6.00. The zero-order valence-electron chi connectivity index (χ0n) is 18.8. The molecule has 1 aliphatic carbocycles. The van der Waals surface area contributed by atoms with Crippen LogP contribution in [0.2, 0.25) is 0 Å². The van der Waals surface area contributed by atoms with Gasteiger partial charge in [0, 0.05) is 22.7 Å². The summed E-state index contributed by atoms with van der Waals surface area (Å²) in [6.07, 6.45) is 5.94. The molecular formula is C24H27N3O4S. The molecule has 0 bridgehead atoms. The molecule has 8 heteroatoms. The molecule has 3 rings (SSSR count). The van der Waals surface area contributed by atoms with Crippen molar-refractivity contribution in [2.24, 2.45) is 16.3 Å². The lowest BCUT2D eigenvalue weighted by Gasteiger charge is -2.33. The molecule has 1 atom stereocenters. The number of hydrogen-bond donors (Lipinski definition) is 0. The van der Waals surface area contributed by atoms with Gasteiger partial charge in [-0.15, -0.1) is 11.3 Å². The van der Waals surface area contributed by atoms with E-state index in [2.05, 4.69) is 38.4 Å². The zero-order chi connectivity index (χ0) is 23.5. The largest absolute Gasteiger partial charge is 0.493 e. The van der Waals surface area contributed by atoms with E-state index < -0.39 is 4.92 Å². The number of nitro benzene ring substituents is 1. The minimum atomic E-state index is -0.492. The van der Waals surface area contributed by atoms with Gasteiger partial charge in [-0.1, -0.05) is 33.4 Å². The Hall–Kier alpha value is -3.18. The van der Waals surface area contributed by atoms with E-state index in [1.807, 2.05) is 0 Å². The highest BCUT2D eigenvalue weighted by atomic mass is 32.1. The molecule has 32 heavy (non-hydrogen) atoms. The average molecular weight is 454 g/mol. The lowest BCUT2D eigenvalue weighted by Crippen LogP contribution is -2.26. The van der Waals surface area contributed by atoms with Crippen LogP contribution in [0.4, 0.5) is 10.7 Å². The Morgan fingerprint density at radius 3 is 2.78 bits per heavy atom. The molecular weight excluding hydrogens is 426 g/mol. The summed E-state index contributed by atoms with van der Waals surface area (Å²) in [7, 11) is 1.42. The van der Waals surface area contributed by atoms with Crippen LogP contribution in [0.3, 0.4) is 0 Å². The van der Waals surface area contributed by atoms with Gasteiger partial charge in [0.15, 0.2) is 11.5 Å². The number of thiophene rings is 1. The standard InChI is InChI=1S/C24H27N3O4S/c1-6-9-31-22-15(10-17(27(28)29)12-20(22)30-5)14-26-23-19(13-25)18-8-7-16(24(2,3)4)11-21(18)32-23/h6,10,12,14,16H,1,7-9,11H2,2-5H3/t16-/m1/s1. The Balaban J connectivity index is 2.03. The summed E-state index contributed by atoms with van der Waals surface area (Å²) in [6, 6.07) is 5.01. The summed E-state index contributed by atoms with van der Waals surface area (Å²) < 4.78 is 11.0. The van der Waals surface area contributed by atoms with Gasteiger partial charge in [-0.05, 0) is 36.2 Å². The lowest BCUT2D eigenvalue weighted by atomic mass is 9.72. The number of nitriles is 1. The van der Waals surface area contributed by atoms with Gasteiger partial charge < -0.3 is 9.47 Å². The molecule has 168 valence electrons. The van der Waals surface area contributed by atoms with Crippen molar-refractivity contribution >= 4 is 28.2 Å². The molecule has 1 aromatic heterocycles. The predicted molar refractivity (Wildman–Crippen MR) is 127 cm³/mol. The Kier molecular flexibility index (Phi) is 6.99. The van der Waals surface area contributed by atoms with Crippen molar-refractivity contribution in [3.63, 3.8) is 0 Å². The van der Waals surface area contributed by atoms with E-state index in [1.54, 1.807) is 6.08 Å². The topological polar surface area (TPSA) is 97.8 Å². The van der Waals surface area contributed by atoms with Crippen LogP contribution < -0.4 is 9.47 Å². The number of benzene rings is 1. The minimum Gasteiger partial charge on any atom is -0.493 e. The van der Waals surface area contributed by atoms with Crippen LogP contribution in [0, 0.1) is 32.8 Å². The number of nitro groups is 1. The number of ether oxygens (including phenoxy) is 2. The van der Waals surface area contributed by atoms with E-state index >= 15 is 0 Å². The Morgan fingerprint density at radius 1 is 1.44 bits per heavy atom. The summed E-state index contributed by atoms with van der Waals surface area (Å²) >= 11 is 1.53. The molecule has 0 fully saturated rings. The minimum absolute atomic E-state index is 0.131. The Morgan fingerprint density at radius 2 is 2.19 bits per heavy atom. The van der Waals surface area contributed by atoms with E-state index in [9.17, 15) is 15.4 Å².